The molecule has 1 aliphatic rings. The van der Waals surface area contributed by atoms with Gasteiger partial charge in [-0.3, -0.25) is 9.59 Å². The fourth-order valence-electron chi connectivity index (χ4n) is 4.55. The lowest BCUT2D eigenvalue weighted by atomic mass is 10.0. The van der Waals surface area contributed by atoms with E-state index in [0.717, 1.165) is 47.4 Å². The molecule has 1 aromatic heterocycles. The number of carbonyl (C=O) groups excluding carboxylic acids is 2. The molecule has 1 saturated heterocycles. The molecule has 0 spiro atoms. The third-order valence-electron chi connectivity index (χ3n) is 6.59. The summed E-state index contributed by atoms with van der Waals surface area (Å²) in [6.07, 6.45) is 5.24. The molecule has 1 atom stereocenters. The summed E-state index contributed by atoms with van der Waals surface area (Å²) in [6.45, 7) is 6.95. The molecule has 2 N–H and O–H groups in total. The van der Waals surface area contributed by atoms with Gasteiger partial charge in [0.2, 0.25) is 5.91 Å². The summed E-state index contributed by atoms with van der Waals surface area (Å²) >= 11 is 0. The number of pyridine rings is 1. The molecule has 1 unspecified atom stereocenters. The lowest BCUT2D eigenvalue weighted by Crippen LogP contribution is -2.39. The number of benzene rings is 2. The van der Waals surface area contributed by atoms with Crippen LogP contribution in [0.25, 0.3) is 22.2 Å². The van der Waals surface area contributed by atoms with E-state index < -0.39 is 0 Å². The maximum absolute atomic E-state index is 13.2. The Hall–Kier alpha value is -3.25. The van der Waals surface area contributed by atoms with Crippen LogP contribution in [0.5, 0.6) is 0 Å². The van der Waals surface area contributed by atoms with E-state index in [1.54, 1.807) is 0 Å². The van der Waals surface area contributed by atoms with Crippen molar-refractivity contribution in [3.05, 3.63) is 60.2 Å². The van der Waals surface area contributed by atoms with Crippen molar-refractivity contribution < 1.29 is 9.59 Å². The normalized spacial score (nSPS) is 16.4. The highest BCUT2D eigenvalue weighted by Gasteiger charge is 2.18. The first-order chi connectivity index (χ1) is 16.5. The van der Waals surface area contributed by atoms with Crippen LogP contribution in [0.15, 0.2) is 54.6 Å². The number of fused-ring (bicyclic) bond motifs is 1. The van der Waals surface area contributed by atoms with E-state index in [1.807, 2.05) is 61.5 Å². The van der Waals surface area contributed by atoms with Gasteiger partial charge >= 0.3 is 0 Å². The molecule has 0 bridgehead atoms. The first-order valence-corrected chi connectivity index (χ1v) is 12.4. The molecule has 4 rings (SSSR count). The number of carbonyl (C=O) groups is 2. The van der Waals surface area contributed by atoms with Gasteiger partial charge in [-0.25, -0.2) is 4.98 Å². The van der Waals surface area contributed by atoms with Gasteiger partial charge in [0.25, 0.3) is 5.91 Å². The predicted octanol–water partition coefficient (Wildman–Crippen LogP) is 5.24. The molecule has 2 heterocycles. The number of piperidine rings is 1. The summed E-state index contributed by atoms with van der Waals surface area (Å²) in [5.41, 5.74) is 3.80. The minimum atomic E-state index is -0.0710. The van der Waals surface area contributed by atoms with E-state index in [4.69, 9.17) is 4.98 Å². The fraction of sp³-hybridized carbons (Fsp3) is 0.393. The number of aromatic nitrogens is 1. The molecule has 3 aromatic rings. The zero-order chi connectivity index (χ0) is 23.9. The van der Waals surface area contributed by atoms with Crippen LogP contribution in [0.1, 0.15) is 56.3 Å². The van der Waals surface area contributed by atoms with Gasteiger partial charge in [0, 0.05) is 42.2 Å². The van der Waals surface area contributed by atoms with Gasteiger partial charge in [0.1, 0.15) is 0 Å². The van der Waals surface area contributed by atoms with E-state index in [-0.39, 0.29) is 11.8 Å². The van der Waals surface area contributed by atoms with Gasteiger partial charge in [-0.1, -0.05) is 43.7 Å². The highest BCUT2D eigenvalue weighted by molar-refractivity contribution is 6.07. The third-order valence-corrected chi connectivity index (χ3v) is 6.59. The van der Waals surface area contributed by atoms with Gasteiger partial charge in [0.15, 0.2) is 0 Å². The van der Waals surface area contributed by atoms with Crippen LogP contribution < -0.4 is 10.6 Å². The lowest BCUT2D eigenvalue weighted by Gasteiger charge is -2.33. The number of likely N-dealkylation sites (tertiary alicyclic amines) is 1. The number of nitrogens with zero attached hydrogens (tertiary/aromatic N) is 2. The molecule has 2 aromatic carbocycles. The van der Waals surface area contributed by atoms with Crippen molar-refractivity contribution in [2.75, 3.05) is 25.0 Å². The second kappa shape index (κ2) is 11.3. The Morgan fingerprint density at radius 2 is 1.88 bits per heavy atom. The first-order valence-electron chi connectivity index (χ1n) is 12.4. The Kier molecular flexibility index (Phi) is 7.91. The number of para-hydroxylation sites is 1. The van der Waals surface area contributed by atoms with Gasteiger partial charge in [-0.05, 0) is 57.0 Å². The largest absolute Gasteiger partial charge is 0.352 e. The summed E-state index contributed by atoms with van der Waals surface area (Å²) in [4.78, 5) is 32.1. The van der Waals surface area contributed by atoms with E-state index in [9.17, 15) is 9.59 Å². The summed E-state index contributed by atoms with van der Waals surface area (Å²) in [6, 6.07) is 17.8. The Morgan fingerprint density at radius 1 is 1.09 bits per heavy atom. The van der Waals surface area contributed by atoms with E-state index in [2.05, 4.69) is 22.5 Å². The maximum Gasteiger partial charge on any atom is 0.252 e. The maximum atomic E-state index is 13.2. The van der Waals surface area contributed by atoms with Crippen molar-refractivity contribution in [3.63, 3.8) is 0 Å². The first kappa shape index (κ1) is 23.9. The van der Waals surface area contributed by atoms with Gasteiger partial charge in [-0.2, -0.15) is 0 Å². The van der Waals surface area contributed by atoms with Crippen LogP contribution in [-0.4, -0.2) is 47.4 Å². The van der Waals surface area contributed by atoms with Crippen LogP contribution >= 0.6 is 0 Å². The van der Waals surface area contributed by atoms with Crippen molar-refractivity contribution in [2.45, 2.75) is 52.0 Å². The molecule has 0 aliphatic carbocycles. The average molecular weight is 459 g/mol. The Balaban J connectivity index is 1.48. The van der Waals surface area contributed by atoms with Crippen LogP contribution in [0.2, 0.25) is 0 Å². The van der Waals surface area contributed by atoms with Crippen molar-refractivity contribution in [2.24, 2.45) is 0 Å². The number of anilines is 1. The van der Waals surface area contributed by atoms with E-state index >= 15 is 0 Å². The van der Waals surface area contributed by atoms with E-state index in [1.165, 1.54) is 19.3 Å². The molecule has 178 valence electrons. The van der Waals surface area contributed by atoms with Crippen LogP contribution in [0, 0.1) is 0 Å². The van der Waals surface area contributed by atoms with Crippen molar-refractivity contribution in [1.29, 1.82) is 0 Å². The highest BCUT2D eigenvalue weighted by atomic mass is 16.2. The molecular formula is C28H34N4O2. The zero-order valence-electron chi connectivity index (χ0n) is 20.1. The Morgan fingerprint density at radius 3 is 2.65 bits per heavy atom. The molecular weight excluding hydrogens is 424 g/mol. The SMILES string of the molecule is CCC(=O)Nc1ccc(-c2cc(C(=O)NCCCN3CCCCC3C)c3ccccc3n2)cc1. The molecule has 0 saturated carbocycles. The zero-order valence-corrected chi connectivity index (χ0v) is 20.1. The van der Waals surface area contributed by atoms with E-state index in [0.29, 0.717) is 24.6 Å². The fourth-order valence-corrected chi connectivity index (χ4v) is 4.55. The smallest absolute Gasteiger partial charge is 0.252 e. The standard InChI is InChI=1S/C28H34N4O2/c1-3-27(33)30-22-14-12-21(13-15-22)26-19-24(23-10-4-5-11-25(23)31-26)28(34)29-16-8-18-32-17-7-6-9-20(32)2/h4-5,10-15,19-20H,3,6-9,16-18H2,1-2H3,(H,29,34)(H,30,33). The van der Waals surface area contributed by atoms with Gasteiger partial charge in [0.05, 0.1) is 16.8 Å². The van der Waals surface area contributed by atoms with Crippen LogP contribution in [-0.2, 0) is 4.79 Å². The molecule has 0 radical (unpaired) electrons. The molecule has 1 aliphatic heterocycles. The van der Waals surface area contributed by atoms with Gasteiger partial charge in [-0.15, -0.1) is 0 Å². The van der Waals surface area contributed by atoms with Crippen LogP contribution in [0.4, 0.5) is 5.69 Å². The molecule has 1 fully saturated rings. The number of rotatable bonds is 8. The van der Waals surface area contributed by atoms with Crippen molar-refractivity contribution in [3.8, 4) is 11.3 Å². The molecule has 6 nitrogen and oxygen atoms in total. The predicted molar refractivity (Wildman–Crippen MR) is 138 cm³/mol. The molecule has 34 heavy (non-hydrogen) atoms. The van der Waals surface area contributed by atoms with Crippen molar-refractivity contribution in [1.82, 2.24) is 15.2 Å². The average Bonchev–Trinajstić information content (AvgIpc) is 2.87. The van der Waals surface area contributed by atoms with Crippen molar-refractivity contribution >= 4 is 28.4 Å². The Bertz CT molecular complexity index is 1140. The molecule has 2 amide bonds. The number of nitrogens with one attached hydrogen (secondary N) is 2. The number of amides is 2. The number of hydrogen-bond acceptors (Lipinski definition) is 4. The topological polar surface area (TPSA) is 74.3 Å². The minimum absolute atomic E-state index is 0.0229. The minimum Gasteiger partial charge on any atom is -0.352 e. The van der Waals surface area contributed by atoms with Gasteiger partial charge < -0.3 is 15.5 Å². The Labute approximate surface area is 201 Å². The monoisotopic (exact) mass is 458 g/mol. The quantitative estimate of drug-likeness (QED) is 0.453. The molecule has 6 heteroatoms. The summed E-state index contributed by atoms with van der Waals surface area (Å²) < 4.78 is 0. The second-order valence-electron chi connectivity index (χ2n) is 9.04. The summed E-state index contributed by atoms with van der Waals surface area (Å²) in [7, 11) is 0. The third kappa shape index (κ3) is 5.81. The second-order valence-corrected chi connectivity index (χ2v) is 9.04. The summed E-state index contributed by atoms with van der Waals surface area (Å²) in [5.74, 6) is -0.0938. The lowest BCUT2D eigenvalue weighted by molar-refractivity contribution is -0.115. The number of hydrogen-bond donors (Lipinski definition) is 2. The highest BCUT2D eigenvalue weighted by Crippen LogP contribution is 2.26. The van der Waals surface area contributed by atoms with Crippen LogP contribution in [0.3, 0.4) is 0 Å². The summed E-state index contributed by atoms with van der Waals surface area (Å²) in [5, 5.41) is 6.83.